The molecule has 0 radical (unpaired) electrons. The zero-order valence-electron chi connectivity index (χ0n) is 13.8. The molecule has 0 saturated heterocycles. The minimum atomic E-state index is -0.224. The SMILES string of the molecule is COc1cc(NC(=O)c2cccc(Nc3nccs3)c2)cc(OC)c1. The zero-order valence-corrected chi connectivity index (χ0v) is 14.6. The van der Waals surface area contributed by atoms with Gasteiger partial charge in [0, 0.05) is 46.7 Å². The second kappa shape index (κ2) is 7.67. The molecule has 6 nitrogen and oxygen atoms in total. The van der Waals surface area contributed by atoms with Crippen LogP contribution < -0.4 is 20.1 Å². The van der Waals surface area contributed by atoms with Gasteiger partial charge >= 0.3 is 0 Å². The van der Waals surface area contributed by atoms with E-state index in [9.17, 15) is 4.79 Å². The lowest BCUT2D eigenvalue weighted by atomic mass is 10.2. The lowest BCUT2D eigenvalue weighted by Crippen LogP contribution is -2.12. The van der Waals surface area contributed by atoms with Crippen molar-refractivity contribution in [3.05, 3.63) is 59.6 Å². The Morgan fingerprint density at radius 3 is 2.44 bits per heavy atom. The molecule has 128 valence electrons. The van der Waals surface area contributed by atoms with Crippen molar-refractivity contribution in [3.8, 4) is 11.5 Å². The molecule has 3 rings (SSSR count). The molecule has 0 aliphatic heterocycles. The van der Waals surface area contributed by atoms with E-state index in [4.69, 9.17) is 9.47 Å². The molecule has 1 heterocycles. The summed E-state index contributed by atoms with van der Waals surface area (Å²) in [6, 6.07) is 12.4. The summed E-state index contributed by atoms with van der Waals surface area (Å²) in [4.78, 5) is 16.7. The van der Waals surface area contributed by atoms with Crippen LogP contribution in [0.1, 0.15) is 10.4 Å². The Morgan fingerprint density at radius 2 is 1.80 bits per heavy atom. The maximum Gasteiger partial charge on any atom is 0.255 e. The van der Waals surface area contributed by atoms with E-state index >= 15 is 0 Å². The molecule has 3 aromatic rings. The van der Waals surface area contributed by atoms with Gasteiger partial charge in [0.15, 0.2) is 5.13 Å². The van der Waals surface area contributed by atoms with Crippen molar-refractivity contribution >= 4 is 33.8 Å². The Hall–Kier alpha value is -3.06. The lowest BCUT2D eigenvalue weighted by Gasteiger charge is -2.10. The fraction of sp³-hybridized carbons (Fsp3) is 0.111. The molecule has 0 fully saturated rings. The molecule has 0 spiro atoms. The van der Waals surface area contributed by atoms with Crippen LogP contribution in [0, 0.1) is 0 Å². The number of ether oxygens (including phenoxy) is 2. The quantitative estimate of drug-likeness (QED) is 0.695. The summed E-state index contributed by atoms with van der Waals surface area (Å²) >= 11 is 1.49. The van der Waals surface area contributed by atoms with Crippen LogP contribution in [0.4, 0.5) is 16.5 Å². The van der Waals surface area contributed by atoms with Crippen LogP contribution in [0.25, 0.3) is 0 Å². The Kier molecular flexibility index (Phi) is 5.15. The molecule has 0 atom stereocenters. The molecular weight excluding hydrogens is 338 g/mol. The third-order valence-electron chi connectivity index (χ3n) is 3.42. The number of aromatic nitrogens is 1. The highest BCUT2D eigenvalue weighted by Gasteiger charge is 2.09. The highest BCUT2D eigenvalue weighted by atomic mass is 32.1. The van der Waals surface area contributed by atoms with Gasteiger partial charge in [-0.15, -0.1) is 11.3 Å². The van der Waals surface area contributed by atoms with Crippen molar-refractivity contribution in [1.82, 2.24) is 4.98 Å². The molecule has 0 aliphatic rings. The van der Waals surface area contributed by atoms with Crippen LogP contribution in [-0.4, -0.2) is 25.1 Å². The molecule has 0 saturated carbocycles. The predicted octanol–water partition coefficient (Wildman–Crippen LogP) is 4.16. The van der Waals surface area contributed by atoms with Gasteiger partial charge in [-0.05, 0) is 18.2 Å². The Bertz CT molecular complexity index is 844. The molecule has 0 aliphatic carbocycles. The molecule has 0 unspecified atom stereocenters. The Morgan fingerprint density at radius 1 is 1.04 bits per heavy atom. The van der Waals surface area contributed by atoms with Crippen LogP contribution >= 0.6 is 11.3 Å². The molecule has 7 heteroatoms. The third-order valence-corrected chi connectivity index (χ3v) is 4.11. The topological polar surface area (TPSA) is 72.5 Å². The van der Waals surface area contributed by atoms with E-state index in [1.165, 1.54) is 11.3 Å². The average Bonchev–Trinajstić information content (AvgIpc) is 3.14. The van der Waals surface area contributed by atoms with E-state index < -0.39 is 0 Å². The highest BCUT2D eigenvalue weighted by molar-refractivity contribution is 7.13. The number of hydrogen-bond acceptors (Lipinski definition) is 6. The van der Waals surface area contributed by atoms with Crippen molar-refractivity contribution in [2.24, 2.45) is 0 Å². The van der Waals surface area contributed by atoms with E-state index in [0.29, 0.717) is 22.7 Å². The minimum absolute atomic E-state index is 0.224. The van der Waals surface area contributed by atoms with Crippen molar-refractivity contribution < 1.29 is 14.3 Å². The van der Waals surface area contributed by atoms with Gasteiger partial charge in [-0.3, -0.25) is 4.79 Å². The fourth-order valence-electron chi connectivity index (χ4n) is 2.23. The lowest BCUT2D eigenvalue weighted by molar-refractivity contribution is 0.102. The summed E-state index contributed by atoms with van der Waals surface area (Å²) in [5.41, 5.74) is 1.92. The van der Waals surface area contributed by atoms with Gasteiger partial charge in [0.05, 0.1) is 14.2 Å². The molecule has 2 aromatic carbocycles. The van der Waals surface area contributed by atoms with E-state index in [-0.39, 0.29) is 5.91 Å². The fourth-order valence-corrected chi connectivity index (χ4v) is 2.78. The third kappa shape index (κ3) is 4.27. The first-order valence-electron chi connectivity index (χ1n) is 7.49. The van der Waals surface area contributed by atoms with Gasteiger partial charge in [0.1, 0.15) is 11.5 Å². The maximum atomic E-state index is 12.5. The first-order chi connectivity index (χ1) is 12.2. The summed E-state index contributed by atoms with van der Waals surface area (Å²) in [7, 11) is 3.13. The summed E-state index contributed by atoms with van der Waals surface area (Å²) in [6.07, 6.45) is 1.72. The number of rotatable bonds is 6. The van der Waals surface area contributed by atoms with Crippen LogP contribution in [-0.2, 0) is 0 Å². The zero-order chi connectivity index (χ0) is 17.6. The predicted molar refractivity (Wildman–Crippen MR) is 99.3 cm³/mol. The van der Waals surface area contributed by atoms with Gasteiger partial charge < -0.3 is 20.1 Å². The Balaban J connectivity index is 1.77. The van der Waals surface area contributed by atoms with Crippen molar-refractivity contribution in [3.63, 3.8) is 0 Å². The normalized spacial score (nSPS) is 10.2. The van der Waals surface area contributed by atoms with Crippen molar-refractivity contribution in [2.45, 2.75) is 0 Å². The number of anilines is 3. The first kappa shape index (κ1) is 16.8. The summed E-state index contributed by atoms with van der Waals surface area (Å²) in [6.45, 7) is 0. The first-order valence-corrected chi connectivity index (χ1v) is 8.37. The second-order valence-electron chi connectivity index (χ2n) is 5.10. The van der Waals surface area contributed by atoms with Crippen LogP contribution in [0.2, 0.25) is 0 Å². The monoisotopic (exact) mass is 355 g/mol. The standard InChI is InChI=1S/C18H17N3O3S/c1-23-15-9-14(10-16(11-15)24-2)20-17(22)12-4-3-5-13(8-12)21-18-19-6-7-25-18/h3-11H,1-2H3,(H,19,21)(H,20,22). The van der Waals surface area contributed by atoms with E-state index in [0.717, 1.165) is 10.8 Å². The number of hydrogen-bond donors (Lipinski definition) is 2. The number of thiazole rings is 1. The largest absolute Gasteiger partial charge is 0.497 e. The number of benzene rings is 2. The van der Waals surface area contributed by atoms with E-state index in [1.54, 1.807) is 50.7 Å². The van der Waals surface area contributed by atoms with E-state index in [1.807, 2.05) is 17.5 Å². The number of amides is 1. The average molecular weight is 355 g/mol. The van der Waals surface area contributed by atoms with E-state index in [2.05, 4.69) is 15.6 Å². The van der Waals surface area contributed by atoms with Crippen LogP contribution in [0.15, 0.2) is 54.0 Å². The number of methoxy groups -OCH3 is 2. The summed E-state index contributed by atoms with van der Waals surface area (Å²) in [5.74, 6) is 0.987. The molecule has 0 bridgehead atoms. The number of nitrogens with zero attached hydrogens (tertiary/aromatic N) is 1. The highest BCUT2D eigenvalue weighted by Crippen LogP contribution is 2.26. The summed E-state index contributed by atoms with van der Waals surface area (Å²) in [5, 5.41) is 8.68. The van der Waals surface area contributed by atoms with Crippen LogP contribution in [0.3, 0.4) is 0 Å². The van der Waals surface area contributed by atoms with Crippen molar-refractivity contribution in [1.29, 1.82) is 0 Å². The van der Waals surface area contributed by atoms with Gasteiger partial charge in [-0.2, -0.15) is 0 Å². The number of carbonyl (C=O) groups is 1. The Labute approximate surface area is 149 Å². The van der Waals surface area contributed by atoms with Crippen molar-refractivity contribution in [2.75, 3.05) is 24.9 Å². The minimum Gasteiger partial charge on any atom is -0.497 e. The van der Waals surface area contributed by atoms with Gasteiger partial charge in [0.2, 0.25) is 0 Å². The van der Waals surface area contributed by atoms with Gasteiger partial charge in [-0.1, -0.05) is 6.07 Å². The van der Waals surface area contributed by atoms with Gasteiger partial charge in [-0.25, -0.2) is 4.98 Å². The molecule has 25 heavy (non-hydrogen) atoms. The number of nitrogens with one attached hydrogen (secondary N) is 2. The summed E-state index contributed by atoms with van der Waals surface area (Å²) < 4.78 is 10.4. The second-order valence-corrected chi connectivity index (χ2v) is 5.99. The molecular formula is C18H17N3O3S. The van der Waals surface area contributed by atoms with Crippen LogP contribution in [0.5, 0.6) is 11.5 Å². The maximum absolute atomic E-state index is 12.5. The molecule has 1 aromatic heterocycles. The molecule has 2 N–H and O–H groups in total. The van der Waals surface area contributed by atoms with Gasteiger partial charge in [0.25, 0.3) is 5.91 Å². The molecule has 1 amide bonds. The smallest absolute Gasteiger partial charge is 0.255 e. The number of carbonyl (C=O) groups excluding carboxylic acids is 1.